The quantitative estimate of drug-likeness (QED) is 0.370. The number of likely N-dealkylation sites (tertiary alicyclic amines) is 1. The van der Waals surface area contributed by atoms with Crippen LogP contribution < -0.4 is 0 Å². The summed E-state index contributed by atoms with van der Waals surface area (Å²) in [5, 5.41) is 0. The van der Waals surface area contributed by atoms with Crippen LogP contribution in [0.5, 0.6) is 0 Å². The fourth-order valence-electron chi connectivity index (χ4n) is 6.54. The van der Waals surface area contributed by atoms with Crippen LogP contribution in [-0.4, -0.2) is 116 Å². The molecule has 36 heavy (non-hydrogen) atoms. The smallest absolute Gasteiger partial charge is 0.410 e. The molecule has 2 amide bonds. The molecule has 4 heterocycles. The Balaban J connectivity index is 1.12. The lowest BCUT2D eigenvalue weighted by Gasteiger charge is -2.45. The molecule has 0 radical (unpaired) electrons. The number of allylic oxidation sites excluding steroid dienone is 1. The Labute approximate surface area is 215 Å². The Kier molecular flexibility index (Phi) is 7.13. The highest BCUT2D eigenvalue weighted by molar-refractivity contribution is 5.78. The van der Waals surface area contributed by atoms with Crippen LogP contribution in [0.4, 0.5) is 4.79 Å². The fraction of sp³-hybridized carbons (Fsp3) is 0.852. The van der Waals surface area contributed by atoms with Crippen LogP contribution in [0.3, 0.4) is 0 Å². The largest absolute Gasteiger partial charge is 0.443 e. The van der Waals surface area contributed by atoms with Gasteiger partial charge in [0, 0.05) is 40.3 Å². The Morgan fingerprint density at radius 1 is 1.25 bits per heavy atom. The molecule has 4 aliphatic heterocycles. The second-order valence-corrected chi connectivity index (χ2v) is 12.0. The van der Waals surface area contributed by atoms with Gasteiger partial charge in [0.05, 0.1) is 25.2 Å². The Hall–Kier alpha value is -1.68. The van der Waals surface area contributed by atoms with Gasteiger partial charge in [0.1, 0.15) is 23.4 Å². The van der Waals surface area contributed by atoms with Crippen molar-refractivity contribution in [3.63, 3.8) is 0 Å². The minimum atomic E-state index is -0.333. The average molecular weight is 506 g/mol. The third-order valence-corrected chi connectivity index (χ3v) is 9.09. The molecule has 4 unspecified atom stereocenters. The molecular weight excluding hydrogens is 462 g/mol. The Morgan fingerprint density at radius 2 is 2.00 bits per heavy atom. The summed E-state index contributed by atoms with van der Waals surface area (Å²) >= 11 is 0. The number of amides is 2. The zero-order valence-electron chi connectivity index (χ0n) is 22.5. The normalized spacial score (nSPS) is 38.6. The number of nitrogens with zero attached hydrogens (tertiary/aromatic N) is 3. The summed E-state index contributed by atoms with van der Waals surface area (Å²) in [5.41, 5.74) is 0.736. The summed E-state index contributed by atoms with van der Waals surface area (Å²) in [6.07, 6.45) is 5.03. The standard InChI is InChI=1S/C27H43N3O6/c1-18(2)6-7-21-26(3,36-21)24-23(33-5)20(8-10-27(24)17-34-27)35-25(32)30-14-19(15-30)9-11-29-13-12-28(4)22(31)16-29/h6,19-21,23-24H,7-17H2,1-5H3/t20?,21-,23?,24?,26+,27?/m1/s1. The first-order valence-corrected chi connectivity index (χ1v) is 13.5. The van der Waals surface area contributed by atoms with Crippen molar-refractivity contribution in [2.75, 3.05) is 60.0 Å². The summed E-state index contributed by atoms with van der Waals surface area (Å²) in [7, 11) is 3.57. The van der Waals surface area contributed by atoms with E-state index < -0.39 is 0 Å². The zero-order chi connectivity index (χ0) is 25.7. The average Bonchev–Trinajstić information content (AvgIpc) is 3.72. The highest BCUT2D eigenvalue weighted by Crippen LogP contribution is 2.59. The van der Waals surface area contributed by atoms with Crippen molar-refractivity contribution >= 4 is 12.0 Å². The van der Waals surface area contributed by atoms with Crippen LogP contribution in [0.1, 0.15) is 46.5 Å². The molecule has 0 N–H and O–H groups in total. The minimum absolute atomic E-state index is 0.0348. The second kappa shape index (κ2) is 9.89. The van der Waals surface area contributed by atoms with Crippen molar-refractivity contribution in [1.29, 1.82) is 0 Å². The summed E-state index contributed by atoms with van der Waals surface area (Å²) in [4.78, 5) is 30.7. The first-order chi connectivity index (χ1) is 17.1. The fourth-order valence-corrected chi connectivity index (χ4v) is 6.54. The molecule has 1 saturated carbocycles. The molecule has 0 aromatic rings. The monoisotopic (exact) mass is 505 g/mol. The minimum Gasteiger partial charge on any atom is -0.443 e. The number of epoxide rings is 2. The van der Waals surface area contributed by atoms with Gasteiger partial charge in [-0.25, -0.2) is 4.79 Å². The van der Waals surface area contributed by atoms with Crippen molar-refractivity contribution < 1.29 is 28.5 Å². The molecule has 5 fully saturated rings. The lowest BCUT2D eigenvalue weighted by atomic mass is 9.68. The van der Waals surface area contributed by atoms with E-state index in [1.165, 1.54) is 5.57 Å². The third kappa shape index (κ3) is 5.04. The molecule has 5 rings (SSSR count). The van der Waals surface area contributed by atoms with E-state index in [9.17, 15) is 9.59 Å². The van der Waals surface area contributed by atoms with Crippen LogP contribution in [-0.2, 0) is 23.7 Å². The van der Waals surface area contributed by atoms with Gasteiger partial charge >= 0.3 is 6.09 Å². The first-order valence-electron chi connectivity index (χ1n) is 13.5. The third-order valence-electron chi connectivity index (χ3n) is 9.09. The maximum absolute atomic E-state index is 13.0. The Bertz CT molecular complexity index is 881. The van der Waals surface area contributed by atoms with Gasteiger partial charge in [0.25, 0.3) is 0 Å². The van der Waals surface area contributed by atoms with Gasteiger partial charge in [-0.3, -0.25) is 9.69 Å². The number of hydrogen-bond acceptors (Lipinski definition) is 7. The topological polar surface area (TPSA) is 87.4 Å². The molecule has 0 aromatic carbocycles. The maximum atomic E-state index is 13.0. The number of likely N-dealkylation sites (N-methyl/N-ethyl adjacent to an activating group) is 1. The number of rotatable bonds is 8. The first kappa shape index (κ1) is 25.9. The molecule has 1 aliphatic carbocycles. The van der Waals surface area contributed by atoms with Crippen LogP contribution in [0.2, 0.25) is 0 Å². The predicted octanol–water partition coefficient (Wildman–Crippen LogP) is 2.30. The second-order valence-electron chi connectivity index (χ2n) is 12.0. The van der Waals surface area contributed by atoms with Crippen molar-refractivity contribution in [3.8, 4) is 0 Å². The van der Waals surface area contributed by atoms with Crippen molar-refractivity contribution in [1.82, 2.24) is 14.7 Å². The van der Waals surface area contributed by atoms with Gasteiger partial charge in [0.2, 0.25) is 5.91 Å². The Morgan fingerprint density at radius 3 is 2.64 bits per heavy atom. The van der Waals surface area contributed by atoms with Gasteiger partial charge in [-0.05, 0) is 58.9 Å². The summed E-state index contributed by atoms with van der Waals surface area (Å²) in [6, 6.07) is 0. The summed E-state index contributed by atoms with van der Waals surface area (Å²) < 4.78 is 24.3. The molecule has 6 atom stereocenters. The molecule has 9 heteroatoms. The van der Waals surface area contributed by atoms with Gasteiger partial charge in [-0.1, -0.05) is 11.6 Å². The number of methoxy groups -OCH3 is 1. The number of carbonyl (C=O) groups excluding carboxylic acids is 2. The van der Waals surface area contributed by atoms with Crippen LogP contribution >= 0.6 is 0 Å². The zero-order valence-corrected chi connectivity index (χ0v) is 22.5. The van der Waals surface area contributed by atoms with E-state index in [0.29, 0.717) is 25.6 Å². The molecule has 9 nitrogen and oxygen atoms in total. The van der Waals surface area contributed by atoms with E-state index in [2.05, 4.69) is 31.7 Å². The number of piperazine rings is 1. The number of hydrogen-bond donors (Lipinski definition) is 0. The number of ether oxygens (including phenoxy) is 4. The van der Waals surface area contributed by atoms with Gasteiger partial charge < -0.3 is 28.7 Å². The molecule has 4 saturated heterocycles. The van der Waals surface area contributed by atoms with E-state index in [-0.39, 0.29) is 47.4 Å². The van der Waals surface area contributed by atoms with Crippen LogP contribution in [0, 0.1) is 11.8 Å². The lowest BCUT2D eigenvalue weighted by molar-refractivity contribution is -0.134. The van der Waals surface area contributed by atoms with Crippen molar-refractivity contribution in [2.45, 2.75) is 76.0 Å². The van der Waals surface area contributed by atoms with E-state index in [1.807, 2.05) is 7.05 Å². The maximum Gasteiger partial charge on any atom is 0.410 e. The molecule has 1 spiro atoms. The summed E-state index contributed by atoms with van der Waals surface area (Å²) in [5.74, 6) is 0.681. The van der Waals surface area contributed by atoms with E-state index in [0.717, 1.165) is 51.9 Å². The lowest BCUT2D eigenvalue weighted by Crippen LogP contribution is -2.58. The van der Waals surface area contributed by atoms with Crippen LogP contribution in [0.15, 0.2) is 11.6 Å². The van der Waals surface area contributed by atoms with Crippen LogP contribution in [0.25, 0.3) is 0 Å². The van der Waals surface area contributed by atoms with Gasteiger partial charge in [-0.2, -0.15) is 0 Å². The van der Waals surface area contributed by atoms with Crippen molar-refractivity contribution in [3.05, 3.63) is 11.6 Å². The van der Waals surface area contributed by atoms with E-state index >= 15 is 0 Å². The predicted molar refractivity (Wildman–Crippen MR) is 134 cm³/mol. The SMILES string of the molecule is COC1C(OC(=O)N2CC(CCN3CCN(C)C(=O)C3)C2)CCC2(CO2)C1[C@@]1(C)O[C@@H]1CC=C(C)C. The molecule has 202 valence electrons. The molecule has 5 aliphatic rings. The van der Waals surface area contributed by atoms with E-state index in [1.54, 1.807) is 16.9 Å². The van der Waals surface area contributed by atoms with Gasteiger partial charge in [0.15, 0.2) is 0 Å². The summed E-state index contributed by atoms with van der Waals surface area (Å²) in [6.45, 7) is 11.6. The highest BCUT2D eigenvalue weighted by Gasteiger charge is 2.72. The number of carbonyl (C=O) groups is 2. The van der Waals surface area contributed by atoms with Crippen molar-refractivity contribution in [2.24, 2.45) is 11.8 Å². The molecule has 0 aromatic heterocycles. The molecular formula is C27H43N3O6. The highest BCUT2D eigenvalue weighted by atomic mass is 16.6. The van der Waals surface area contributed by atoms with E-state index in [4.69, 9.17) is 18.9 Å². The molecule has 0 bridgehead atoms. The van der Waals surface area contributed by atoms with Gasteiger partial charge in [-0.15, -0.1) is 0 Å².